The lowest BCUT2D eigenvalue weighted by Crippen LogP contribution is -2.55. The number of piperidine rings is 1. The van der Waals surface area contributed by atoms with Crippen molar-refractivity contribution in [3.63, 3.8) is 0 Å². The van der Waals surface area contributed by atoms with Gasteiger partial charge in [-0.15, -0.1) is 10.2 Å². The van der Waals surface area contributed by atoms with Gasteiger partial charge in [0, 0.05) is 38.4 Å². The summed E-state index contributed by atoms with van der Waals surface area (Å²) in [6, 6.07) is -0.448. The third-order valence-corrected chi connectivity index (χ3v) is 5.03. The lowest BCUT2D eigenvalue weighted by Gasteiger charge is -2.36. The fourth-order valence-corrected chi connectivity index (χ4v) is 3.55. The van der Waals surface area contributed by atoms with Crippen LogP contribution in [0.2, 0.25) is 0 Å². The van der Waals surface area contributed by atoms with E-state index in [2.05, 4.69) is 25.5 Å². The highest BCUT2D eigenvalue weighted by atomic mass is 16.3. The van der Waals surface area contributed by atoms with E-state index < -0.39 is 18.1 Å². The van der Waals surface area contributed by atoms with Crippen molar-refractivity contribution >= 4 is 11.8 Å². The van der Waals surface area contributed by atoms with E-state index in [1.54, 1.807) is 4.90 Å². The molecule has 0 radical (unpaired) electrons. The largest absolute Gasteiger partial charge is 0.389 e. The van der Waals surface area contributed by atoms with Crippen LogP contribution in [0.1, 0.15) is 46.2 Å². The molecule has 2 atom stereocenters. The van der Waals surface area contributed by atoms with Crippen molar-refractivity contribution in [2.75, 3.05) is 13.1 Å². The lowest BCUT2D eigenvalue weighted by molar-refractivity contribution is 0.0303. The summed E-state index contributed by atoms with van der Waals surface area (Å²) in [5.74, 6) is 0.557. The zero-order valence-corrected chi connectivity index (χ0v) is 14.8. The minimum absolute atomic E-state index is 0.131. The number of aromatic nitrogens is 5. The molecule has 10 nitrogen and oxygen atoms in total. The van der Waals surface area contributed by atoms with Gasteiger partial charge in [0.1, 0.15) is 11.5 Å². The highest BCUT2D eigenvalue weighted by molar-refractivity contribution is 5.92. The van der Waals surface area contributed by atoms with Crippen LogP contribution in [0.4, 0.5) is 0 Å². The molecule has 2 aromatic rings. The Kier molecular flexibility index (Phi) is 4.80. The topological polar surface area (TPSA) is 126 Å². The summed E-state index contributed by atoms with van der Waals surface area (Å²) in [6.07, 6.45) is 6.76. The van der Waals surface area contributed by atoms with Crippen LogP contribution < -0.4 is 5.32 Å². The van der Waals surface area contributed by atoms with Gasteiger partial charge in [-0.2, -0.15) is 0 Å². The molecule has 0 aromatic carbocycles. The number of aliphatic hydroxyl groups is 1. The van der Waals surface area contributed by atoms with Crippen LogP contribution in [0.3, 0.4) is 0 Å². The van der Waals surface area contributed by atoms with Crippen molar-refractivity contribution < 1.29 is 14.7 Å². The molecular weight excluding hydrogens is 350 g/mol. The molecule has 0 bridgehead atoms. The normalized spacial score (nSPS) is 22.2. The second kappa shape index (κ2) is 7.39. The lowest BCUT2D eigenvalue weighted by atomic mass is 10.0. The van der Waals surface area contributed by atoms with Crippen LogP contribution in [0.25, 0.3) is 0 Å². The number of carbonyl (C=O) groups excluding carboxylic acids is 2. The predicted molar refractivity (Wildman–Crippen MR) is 92.8 cm³/mol. The van der Waals surface area contributed by atoms with Gasteiger partial charge in [-0.3, -0.25) is 14.6 Å². The van der Waals surface area contributed by atoms with Gasteiger partial charge in [0.2, 0.25) is 5.82 Å². The highest BCUT2D eigenvalue weighted by Gasteiger charge is 2.34. The smallest absolute Gasteiger partial charge is 0.291 e. The number of aliphatic hydroxyl groups excluding tert-OH is 1. The molecule has 27 heavy (non-hydrogen) atoms. The first-order valence-electron chi connectivity index (χ1n) is 9.10. The van der Waals surface area contributed by atoms with E-state index in [1.807, 2.05) is 4.57 Å². The van der Waals surface area contributed by atoms with Gasteiger partial charge < -0.3 is 19.9 Å². The summed E-state index contributed by atoms with van der Waals surface area (Å²) in [4.78, 5) is 34.4. The molecule has 2 amide bonds. The number of rotatable bonds is 3. The van der Waals surface area contributed by atoms with Crippen molar-refractivity contribution in [3.05, 3.63) is 35.9 Å². The fourth-order valence-electron chi connectivity index (χ4n) is 3.55. The van der Waals surface area contributed by atoms with E-state index in [1.165, 1.54) is 18.6 Å². The predicted octanol–water partition coefficient (Wildman–Crippen LogP) is -0.590. The Morgan fingerprint density at radius 1 is 1.19 bits per heavy atom. The number of likely N-dealkylation sites (tertiary alicyclic amines) is 1. The van der Waals surface area contributed by atoms with Crippen LogP contribution in [-0.2, 0) is 13.0 Å². The van der Waals surface area contributed by atoms with Crippen molar-refractivity contribution in [2.45, 2.75) is 44.4 Å². The van der Waals surface area contributed by atoms with Crippen LogP contribution in [0.5, 0.6) is 0 Å². The molecule has 0 aliphatic carbocycles. The van der Waals surface area contributed by atoms with E-state index in [9.17, 15) is 14.7 Å². The SMILES string of the molecule is O=C(N[C@@H]1CCN(C(=O)c2nnc3n2CCCC3)C[C@H]1O)c1cnccn1. The molecule has 10 heteroatoms. The number of nitrogens with one attached hydrogen (secondary N) is 1. The second-order valence-electron chi connectivity index (χ2n) is 6.83. The fraction of sp³-hybridized carbons (Fsp3) is 0.529. The van der Waals surface area contributed by atoms with Gasteiger partial charge in [0.25, 0.3) is 11.8 Å². The van der Waals surface area contributed by atoms with Gasteiger partial charge in [0.05, 0.1) is 18.3 Å². The standard InChI is InChI=1S/C17H21N7O3/c25-13-10-23(17(27)15-22-21-14-3-1-2-7-24(14)15)8-4-11(13)20-16(26)12-9-18-5-6-19-12/h5-6,9,11,13,25H,1-4,7-8,10H2,(H,20,26)/t11-,13-/m1/s1. The summed E-state index contributed by atoms with van der Waals surface area (Å²) in [7, 11) is 0. The molecule has 2 N–H and O–H groups in total. The quantitative estimate of drug-likeness (QED) is 0.738. The first-order valence-corrected chi connectivity index (χ1v) is 9.10. The zero-order chi connectivity index (χ0) is 18.8. The molecule has 2 aliphatic heterocycles. The van der Waals surface area contributed by atoms with E-state index in [4.69, 9.17) is 0 Å². The first kappa shape index (κ1) is 17.5. The Balaban J connectivity index is 1.39. The third kappa shape index (κ3) is 3.52. The molecule has 0 spiro atoms. The van der Waals surface area contributed by atoms with Crippen molar-refractivity contribution in [3.8, 4) is 0 Å². The first-order chi connectivity index (χ1) is 13.1. The summed E-state index contributed by atoms with van der Waals surface area (Å²) < 4.78 is 1.88. The number of carbonyl (C=O) groups is 2. The third-order valence-electron chi connectivity index (χ3n) is 5.03. The molecule has 4 heterocycles. The average molecular weight is 371 g/mol. The van der Waals surface area contributed by atoms with Gasteiger partial charge in [-0.1, -0.05) is 0 Å². The van der Waals surface area contributed by atoms with Crippen molar-refractivity contribution in [1.82, 2.24) is 34.9 Å². The Morgan fingerprint density at radius 2 is 2.07 bits per heavy atom. The molecule has 0 saturated carbocycles. The van der Waals surface area contributed by atoms with E-state index in [-0.39, 0.29) is 18.1 Å². The van der Waals surface area contributed by atoms with Gasteiger partial charge in [0.15, 0.2) is 0 Å². The van der Waals surface area contributed by atoms with E-state index in [0.29, 0.717) is 18.8 Å². The van der Waals surface area contributed by atoms with Gasteiger partial charge in [-0.25, -0.2) is 4.98 Å². The maximum atomic E-state index is 12.8. The molecule has 0 unspecified atom stereocenters. The Labute approximate surface area is 155 Å². The molecule has 4 rings (SSSR count). The molecule has 1 saturated heterocycles. The maximum absolute atomic E-state index is 12.8. The van der Waals surface area contributed by atoms with Gasteiger partial charge in [-0.05, 0) is 19.3 Å². The zero-order valence-electron chi connectivity index (χ0n) is 14.8. The van der Waals surface area contributed by atoms with Crippen LogP contribution in [0.15, 0.2) is 18.6 Å². The molecule has 1 fully saturated rings. The van der Waals surface area contributed by atoms with Crippen molar-refractivity contribution in [2.24, 2.45) is 0 Å². The summed E-state index contributed by atoms with van der Waals surface area (Å²) in [5.41, 5.74) is 0.193. The second-order valence-corrected chi connectivity index (χ2v) is 6.83. The van der Waals surface area contributed by atoms with Crippen LogP contribution in [0, 0.1) is 0 Å². The summed E-state index contributed by atoms with van der Waals surface area (Å²) in [6.45, 7) is 1.30. The number of hydrogen-bond acceptors (Lipinski definition) is 7. The summed E-state index contributed by atoms with van der Waals surface area (Å²) >= 11 is 0. The molecule has 2 aromatic heterocycles. The minimum Gasteiger partial charge on any atom is -0.389 e. The number of β-amino-alcohol motifs (C(OH)–C–C–N with tert-alkyl or cyclic N) is 1. The average Bonchev–Trinajstić information content (AvgIpc) is 3.13. The number of fused-ring (bicyclic) bond motifs is 1. The van der Waals surface area contributed by atoms with Crippen LogP contribution >= 0.6 is 0 Å². The number of hydrogen-bond donors (Lipinski definition) is 2. The van der Waals surface area contributed by atoms with E-state index in [0.717, 1.165) is 31.6 Å². The minimum atomic E-state index is -0.868. The Hall–Kier alpha value is -2.88. The molecule has 2 aliphatic rings. The number of nitrogens with zero attached hydrogens (tertiary/aromatic N) is 6. The maximum Gasteiger partial charge on any atom is 0.291 e. The highest BCUT2D eigenvalue weighted by Crippen LogP contribution is 2.18. The molecular formula is C17H21N7O3. The Bertz CT molecular complexity index is 838. The van der Waals surface area contributed by atoms with Crippen LogP contribution in [-0.4, -0.2) is 71.8 Å². The monoisotopic (exact) mass is 371 g/mol. The van der Waals surface area contributed by atoms with E-state index >= 15 is 0 Å². The Morgan fingerprint density at radius 3 is 2.85 bits per heavy atom. The molecule has 142 valence electrons. The summed E-state index contributed by atoms with van der Waals surface area (Å²) in [5, 5.41) is 21.4. The van der Waals surface area contributed by atoms with Gasteiger partial charge >= 0.3 is 0 Å². The number of aryl methyl sites for hydroxylation is 1. The number of amides is 2. The van der Waals surface area contributed by atoms with Crippen molar-refractivity contribution in [1.29, 1.82) is 0 Å².